The minimum absolute atomic E-state index is 0.242. The predicted octanol–water partition coefficient (Wildman–Crippen LogP) is 10.0. The second kappa shape index (κ2) is 17.9. The summed E-state index contributed by atoms with van der Waals surface area (Å²) in [5, 5.41) is 0. The van der Waals surface area contributed by atoms with Crippen LogP contribution in [0.1, 0.15) is 154 Å². The van der Waals surface area contributed by atoms with E-state index < -0.39 is 0 Å². The Morgan fingerprint density at radius 3 is 2.00 bits per heavy atom. The number of benzene rings is 1. The molecule has 0 spiro atoms. The van der Waals surface area contributed by atoms with E-state index >= 15 is 0 Å². The van der Waals surface area contributed by atoms with Crippen molar-refractivity contribution < 1.29 is 14.3 Å². The van der Waals surface area contributed by atoms with E-state index in [0.717, 1.165) is 57.3 Å². The summed E-state index contributed by atoms with van der Waals surface area (Å²) < 4.78 is 5.96. The van der Waals surface area contributed by atoms with Gasteiger partial charge < -0.3 is 4.74 Å². The molecule has 2 fully saturated rings. The van der Waals surface area contributed by atoms with Crippen LogP contribution in [0.2, 0.25) is 0 Å². The zero-order chi connectivity index (χ0) is 27.0. The molecule has 38 heavy (non-hydrogen) atoms. The highest BCUT2D eigenvalue weighted by Gasteiger charge is 2.34. The number of carbonyl (C=O) groups is 2. The smallest absolute Gasteiger partial charge is 0.143 e. The normalized spacial score (nSPS) is 23.9. The lowest BCUT2D eigenvalue weighted by atomic mass is 9.73. The first-order valence-corrected chi connectivity index (χ1v) is 16.4. The van der Waals surface area contributed by atoms with Crippen molar-refractivity contribution >= 4 is 11.6 Å². The molecule has 0 bridgehead atoms. The fourth-order valence-corrected chi connectivity index (χ4v) is 6.75. The molecule has 214 valence electrons. The molecular formula is C35H56O3. The number of hydrogen-bond acceptors (Lipinski definition) is 3. The first-order valence-electron chi connectivity index (χ1n) is 16.4. The quantitative estimate of drug-likeness (QED) is 0.142. The molecule has 1 aromatic rings. The zero-order valence-electron chi connectivity index (χ0n) is 24.7. The van der Waals surface area contributed by atoms with E-state index in [2.05, 4.69) is 38.1 Å². The third kappa shape index (κ3) is 10.9. The second-order valence-electron chi connectivity index (χ2n) is 12.4. The van der Waals surface area contributed by atoms with E-state index in [9.17, 15) is 9.59 Å². The Balaban J connectivity index is 1.30. The van der Waals surface area contributed by atoms with Crippen molar-refractivity contribution in [2.45, 2.75) is 148 Å². The predicted molar refractivity (Wildman–Crippen MR) is 159 cm³/mol. The van der Waals surface area contributed by atoms with Crippen molar-refractivity contribution in [2.24, 2.45) is 17.8 Å². The van der Waals surface area contributed by atoms with Gasteiger partial charge in [0.2, 0.25) is 0 Å². The molecule has 3 heteroatoms. The van der Waals surface area contributed by atoms with Crippen LogP contribution in [-0.2, 0) is 9.59 Å². The van der Waals surface area contributed by atoms with Crippen molar-refractivity contribution in [3.05, 3.63) is 29.8 Å². The first kappa shape index (κ1) is 30.9. The minimum Gasteiger partial charge on any atom is -0.494 e. The lowest BCUT2D eigenvalue weighted by Crippen LogP contribution is -2.32. The molecule has 0 aliphatic heterocycles. The Kier molecular flexibility index (Phi) is 14.5. The highest BCUT2D eigenvalue weighted by Crippen LogP contribution is 2.39. The Morgan fingerprint density at radius 2 is 1.34 bits per heavy atom. The van der Waals surface area contributed by atoms with Gasteiger partial charge in [0, 0.05) is 12.8 Å². The van der Waals surface area contributed by atoms with Crippen LogP contribution in [0, 0.1) is 17.8 Å². The highest BCUT2D eigenvalue weighted by molar-refractivity contribution is 6.02. The summed E-state index contributed by atoms with van der Waals surface area (Å²) >= 11 is 0. The number of Topliss-reactive ketones (excluding diaryl/α,β-unsaturated/α-hetero) is 2. The molecule has 0 heterocycles. The van der Waals surface area contributed by atoms with Gasteiger partial charge in [-0.15, -0.1) is 0 Å². The molecule has 3 nitrogen and oxygen atoms in total. The molecule has 2 saturated carbocycles. The summed E-state index contributed by atoms with van der Waals surface area (Å²) in [7, 11) is 0. The first-order chi connectivity index (χ1) is 18.6. The van der Waals surface area contributed by atoms with Crippen LogP contribution in [0.15, 0.2) is 24.3 Å². The number of rotatable bonds is 18. The molecule has 2 aliphatic carbocycles. The molecule has 0 aromatic heterocycles. The average Bonchev–Trinajstić information content (AvgIpc) is 2.93. The Labute approximate surface area is 233 Å². The van der Waals surface area contributed by atoms with Crippen LogP contribution in [0.5, 0.6) is 5.75 Å². The van der Waals surface area contributed by atoms with E-state index in [1.807, 2.05) is 0 Å². The molecule has 0 radical (unpaired) electrons. The molecule has 0 amide bonds. The van der Waals surface area contributed by atoms with E-state index in [-0.39, 0.29) is 17.5 Å². The van der Waals surface area contributed by atoms with Gasteiger partial charge in [0.05, 0.1) is 12.5 Å². The maximum atomic E-state index is 13.0. The third-order valence-electron chi connectivity index (χ3n) is 9.30. The standard InChI is InChI=1S/C35H56O3/c1-3-5-7-9-11-13-25-38-32-22-20-31(21-23-32)30-18-15-29(16-19-30)27-35(37)33-24-17-28(26-34(33)36)14-12-10-8-6-4-2/h20-23,28-30,33H,3-19,24-27H2,1-2H3. The second-order valence-corrected chi connectivity index (χ2v) is 12.4. The fraction of sp³-hybridized carbons (Fsp3) is 0.771. The Bertz CT molecular complexity index is 790. The van der Waals surface area contributed by atoms with Crippen LogP contribution in [-0.4, -0.2) is 18.2 Å². The van der Waals surface area contributed by atoms with Gasteiger partial charge in [-0.2, -0.15) is 0 Å². The van der Waals surface area contributed by atoms with Crippen molar-refractivity contribution in [1.29, 1.82) is 0 Å². The van der Waals surface area contributed by atoms with E-state index in [4.69, 9.17) is 4.74 Å². The zero-order valence-corrected chi connectivity index (χ0v) is 24.7. The van der Waals surface area contributed by atoms with Crippen LogP contribution < -0.4 is 4.74 Å². The third-order valence-corrected chi connectivity index (χ3v) is 9.30. The van der Waals surface area contributed by atoms with Gasteiger partial charge >= 0.3 is 0 Å². The number of hydrogen-bond donors (Lipinski definition) is 0. The summed E-state index contributed by atoms with van der Waals surface area (Å²) in [6.45, 7) is 5.31. The van der Waals surface area contributed by atoms with Gasteiger partial charge in [-0.1, -0.05) is 96.6 Å². The number of ketones is 2. The lowest BCUT2D eigenvalue weighted by Gasteiger charge is -2.31. The molecule has 2 aliphatic rings. The van der Waals surface area contributed by atoms with Crippen molar-refractivity contribution in [3.8, 4) is 5.75 Å². The SMILES string of the molecule is CCCCCCCCOc1ccc(C2CCC(CC(=O)C3CCC(CCCCCCC)CC3=O)CC2)cc1. The summed E-state index contributed by atoms with van der Waals surface area (Å²) in [6.07, 6.45) is 23.0. The van der Waals surface area contributed by atoms with Gasteiger partial charge in [-0.25, -0.2) is 0 Å². The fourth-order valence-electron chi connectivity index (χ4n) is 6.75. The summed E-state index contributed by atoms with van der Waals surface area (Å²) in [5.41, 5.74) is 1.41. The number of ether oxygens (including phenoxy) is 1. The van der Waals surface area contributed by atoms with Gasteiger partial charge in [0.25, 0.3) is 0 Å². The lowest BCUT2D eigenvalue weighted by molar-refractivity contribution is -0.136. The molecule has 2 unspecified atom stereocenters. The summed E-state index contributed by atoms with van der Waals surface area (Å²) in [5.74, 6) is 2.74. The van der Waals surface area contributed by atoms with Crippen LogP contribution in [0.25, 0.3) is 0 Å². The minimum atomic E-state index is -0.298. The number of unbranched alkanes of at least 4 members (excludes halogenated alkanes) is 9. The van der Waals surface area contributed by atoms with Gasteiger partial charge in [-0.3, -0.25) is 9.59 Å². The van der Waals surface area contributed by atoms with Gasteiger partial charge in [0.1, 0.15) is 17.3 Å². The summed E-state index contributed by atoms with van der Waals surface area (Å²) in [6, 6.07) is 8.76. The van der Waals surface area contributed by atoms with Crippen molar-refractivity contribution in [3.63, 3.8) is 0 Å². The van der Waals surface area contributed by atoms with E-state index in [1.54, 1.807) is 0 Å². The molecule has 1 aromatic carbocycles. The molecule has 0 saturated heterocycles. The van der Waals surface area contributed by atoms with Gasteiger partial charge in [-0.05, 0) is 80.4 Å². The highest BCUT2D eigenvalue weighted by atomic mass is 16.5. The van der Waals surface area contributed by atoms with Crippen LogP contribution in [0.3, 0.4) is 0 Å². The van der Waals surface area contributed by atoms with Crippen LogP contribution >= 0.6 is 0 Å². The molecule has 0 N–H and O–H groups in total. The largest absolute Gasteiger partial charge is 0.494 e. The maximum Gasteiger partial charge on any atom is 0.143 e. The summed E-state index contributed by atoms with van der Waals surface area (Å²) in [4.78, 5) is 25.8. The Morgan fingerprint density at radius 1 is 0.737 bits per heavy atom. The molecule has 2 atom stereocenters. The monoisotopic (exact) mass is 524 g/mol. The maximum absolute atomic E-state index is 13.0. The van der Waals surface area contributed by atoms with E-state index in [1.165, 1.54) is 76.2 Å². The molecule has 3 rings (SSSR count). The molecular weight excluding hydrogens is 468 g/mol. The van der Waals surface area contributed by atoms with Crippen molar-refractivity contribution in [1.82, 2.24) is 0 Å². The van der Waals surface area contributed by atoms with Gasteiger partial charge in [0.15, 0.2) is 0 Å². The van der Waals surface area contributed by atoms with Crippen LogP contribution in [0.4, 0.5) is 0 Å². The average molecular weight is 525 g/mol. The number of carbonyl (C=O) groups excluding carboxylic acids is 2. The Hall–Kier alpha value is -1.64. The van der Waals surface area contributed by atoms with E-state index in [0.29, 0.717) is 30.6 Å². The van der Waals surface area contributed by atoms with Crippen molar-refractivity contribution in [2.75, 3.05) is 6.61 Å². The topological polar surface area (TPSA) is 43.4 Å².